The maximum atomic E-state index is 6.70. The molecule has 0 atom stereocenters. The summed E-state index contributed by atoms with van der Waals surface area (Å²) in [6.07, 6.45) is 0. The highest BCUT2D eigenvalue weighted by atomic mass is 16.5. The van der Waals surface area contributed by atoms with E-state index in [2.05, 4.69) is 54.6 Å². The highest BCUT2D eigenvalue weighted by molar-refractivity contribution is 6.98. The van der Waals surface area contributed by atoms with Gasteiger partial charge in [-0.25, -0.2) is 0 Å². The Bertz CT molecular complexity index is 1890. The van der Waals surface area contributed by atoms with Gasteiger partial charge < -0.3 is 18.3 Å². The van der Waals surface area contributed by atoms with Crippen molar-refractivity contribution in [2.24, 2.45) is 0 Å². The van der Waals surface area contributed by atoms with E-state index < -0.39 is 0 Å². The van der Waals surface area contributed by atoms with Crippen molar-refractivity contribution in [2.45, 2.75) is 0 Å². The Morgan fingerprint density at radius 2 is 0.923 bits per heavy atom. The molecule has 2 aliphatic heterocycles. The molecule has 5 heteroatoms. The maximum Gasteiger partial charge on any atom is 0.260 e. The van der Waals surface area contributed by atoms with Crippen molar-refractivity contribution < 1.29 is 18.3 Å². The van der Waals surface area contributed by atoms with Gasteiger partial charge in [0.05, 0.1) is 11.1 Å². The zero-order chi connectivity index (χ0) is 25.5. The normalized spacial score (nSPS) is 13.0. The second-order valence-electron chi connectivity index (χ2n) is 10.1. The number of para-hydroxylation sites is 4. The van der Waals surface area contributed by atoms with E-state index in [1.165, 1.54) is 0 Å². The lowest BCUT2D eigenvalue weighted by molar-refractivity contribution is 0.464. The van der Waals surface area contributed by atoms with Gasteiger partial charge in [0.15, 0.2) is 0 Å². The first-order chi connectivity index (χ1) is 19.3. The minimum atomic E-state index is -0.0580. The smallest absolute Gasteiger partial charge is 0.260 e. The fourth-order valence-electron chi connectivity index (χ4n) is 6.07. The average molecular weight is 502 g/mol. The molecule has 4 heterocycles. The Balaban J connectivity index is 1.40. The van der Waals surface area contributed by atoms with Crippen molar-refractivity contribution in [2.75, 3.05) is 0 Å². The van der Waals surface area contributed by atoms with Crippen LogP contribution in [0.1, 0.15) is 0 Å². The van der Waals surface area contributed by atoms with Crippen molar-refractivity contribution in [1.29, 1.82) is 0 Å². The number of rotatable bonds is 2. The van der Waals surface area contributed by atoms with E-state index in [4.69, 9.17) is 18.3 Å². The minimum absolute atomic E-state index is 0.0580. The molecule has 0 saturated heterocycles. The predicted molar refractivity (Wildman–Crippen MR) is 155 cm³/mol. The van der Waals surface area contributed by atoms with Gasteiger partial charge in [0.2, 0.25) is 0 Å². The Morgan fingerprint density at radius 1 is 0.462 bits per heavy atom. The molecule has 2 aromatic heterocycles. The maximum absolute atomic E-state index is 6.70. The van der Waals surface area contributed by atoms with Crippen LogP contribution >= 0.6 is 0 Å². The molecule has 0 bridgehead atoms. The summed E-state index contributed by atoms with van der Waals surface area (Å²) in [5.74, 6) is 4.66. The van der Waals surface area contributed by atoms with Crippen LogP contribution in [0, 0.1) is 0 Å². The van der Waals surface area contributed by atoms with E-state index >= 15 is 0 Å². The highest BCUT2D eigenvalue weighted by Gasteiger charge is 2.43. The zero-order valence-electron chi connectivity index (χ0n) is 20.7. The van der Waals surface area contributed by atoms with Crippen LogP contribution in [-0.4, -0.2) is 6.71 Å². The molecule has 0 spiro atoms. The van der Waals surface area contributed by atoms with Crippen LogP contribution in [0.15, 0.2) is 124 Å². The zero-order valence-corrected chi connectivity index (χ0v) is 20.7. The van der Waals surface area contributed by atoms with Gasteiger partial charge in [-0.1, -0.05) is 72.8 Å². The first kappa shape index (κ1) is 20.9. The molecule has 0 aliphatic carbocycles. The van der Waals surface area contributed by atoms with Gasteiger partial charge >= 0.3 is 0 Å². The van der Waals surface area contributed by atoms with Crippen molar-refractivity contribution in [3.63, 3.8) is 0 Å². The summed E-state index contributed by atoms with van der Waals surface area (Å²) in [4.78, 5) is 0. The van der Waals surface area contributed by atoms with E-state index in [1.54, 1.807) is 0 Å². The molecule has 5 aromatic carbocycles. The van der Waals surface area contributed by atoms with Gasteiger partial charge in [-0.15, -0.1) is 0 Å². The molecule has 39 heavy (non-hydrogen) atoms. The third-order valence-corrected chi connectivity index (χ3v) is 7.82. The molecule has 4 nitrogen and oxygen atoms in total. The summed E-state index contributed by atoms with van der Waals surface area (Å²) in [6, 6.07) is 38.9. The second kappa shape index (κ2) is 7.68. The van der Waals surface area contributed by atoms with Crippen molar-refractivity contribution in [1.82, 2.24) is 0 Å². The van der Waals surface area contributed by atoms with Crippen LogP contribution in [0.25, 0.3) is 44.6 Å². The Morgan fingerprint density at radius 3 is 1.44 bits per heavy atom. The standard InChI is InChI=1S/C34H19BO4/c1-5-13-26-20(9-1)17-30(36-26)22-19-23(31-18-21-10-2-6-14-27(21)37-31)34-32-33(22)38-28-15-7-3-11-24(28)35(32)25-12-4-8-16-29(25)39-34/h1-19H. The monoisotopic (exact) mass is 502 g/mol. The Hall–Kier alpha value is -5.16. The van der Waals surface area contributed by atoms with E-state index in [0.29, 0.717) is 0 Å². The van der Waals surface area contributed by atoms with Crippen LogP contribution in [0.5, 0.6) is 23.0 Å². The molecule has 0 radical (unpaired) electrons. The predicted octanol–water partition coefficient (Wildman–Crippen LogP) is 7.24. The number of benzene rings is 5. The molecule has 0 unspecified atom stereocenters. The third kappa shape index (κ3) is 2.95. The number of hydrogen-bond donors (Lipinski definition) is 0. The van der Waals surface area contributed by atoms with Crippen LogP contribution < -0.4 is 25.9 Å². The van der Waals surface area contributed by atoms with E-state index in [-0.39, 0.29) is 6.71 Å². The van der Waals surface area contributed by atoms with Gasteiger partial charge in [0, 0.05) is 16.2 Å². The highest BCUT2D eigenvalue weighted by Crippen LogP contribution is 2.47. The largest absolute Gasteiger partial charge is 0.458 e. The fourth-order valence-corrected chi connectivity index (χ4v) is 6.07. The molecule has 0 amide bonds. The third-order valence-electron chi connectivity index (χ3n) is 7.82. The summed E-state index contributed by atoms with van der Waals surface area (Å²) in [7, 11) is 0. The second-order valence-corrected chi connectivity index (χ2v) is 10.1. The molecular weight excluding hydrogens is 483 g/mol. The molecule has 2 aliphatic rings. The van der Waals surface area contributed by atoms with Crippen LogP contribution in [0.4, 0.5) is 0 Å². The van der Waals surface area contributed by atoms with Gasteiger partial charge in [-0.05, 0) is 53.4 Å². The number of hydrogen-bond acceptors (Lipinski definition) is 4. The molecule has 182 valence electrons. The molecule has 9 rings (SSSR count). The van der Waals surface area contributed by atoms with Crippen molar-refractivity contribution in [3.8, 4) is 45.6 Å². The molecular formula is C34H19BO4. The lowest BCUT2D eigenvalue weighted by atomic mass is 9.34. The van der Waals surface area contributed by atoms with Gasteiger partial charge in [-0.2, -0.15) is 0 Å². The Kier molecular flexibility index (Phi) is 4.11. The number of ether oxygens (including phenoxy) is 2. The van der Waals surface area contributed by atoms with Gasteiger partial charge in [0.1, 0.15) is 45.7 Å². The lowest BCUT2D eigenvalue weighted by Gasteiger charge is -2.34. The van der Waals surface area contributed by atoms with E-state index in [9.17, 15) is 0 Å². The topological polar surface area (TPSA) is 44.7 Å². The lowest BCUT2D eigenvalue weighted by Crippen LogP contribution is -2.57. The number of fused-ring (bicyclic) bond motifs is 6. The summed E-state index contributed by atoms with van der Waals surface area (Å²) in [5.41, 5.74) is 6.60. The van der Waals surface area contributed by atoms with Crippen LogP contribution in [0.2, 0.25) is 0 Å². The first-order valence-corrected chi connectivity index (χ1v) is 13.0. The van der Waals surface area contributed by atoms with Crippen molar-refractivity contribution >= 4 is 45.0 Å². The summed E-state index contributed by atoms with van der Waals surface area (Å²) in [5, 5.41) is 2.08. The molecule has 0 N–H and O–H groups in total. The Labute approximate surface area is 224 Å². The summed E-state index contributed by atoms with van der Waals surface area (Å²) in [6.45, 7) is -0.0580. The van der Waals surface area contributed by atoms with Crippen molar-refractivity contribution in [3.05, 3.63) is 115 Å². The minimum Gasteiger partial charge on any atom is -0.458 e. The SMILES string of the molecule is c1ccc2c(c1)Oc1c(-c3cc4ccccc4o3)cc(-c3cc4ccccc4o3)c3c1B2c1ccccc1O3. The molecule has 0 saturated carbocycles. The summed E-state index contributed by atoms with van der Waals surface area (Å²) < 4.78 is 26.2. The van der Waals surface area contributed by atoms with E-state index in [1.807, 2.05) is 60.7 Å². The fraction of sp³-hybridized carbons (Fsp3) is 0. The average Bonchev–Trinajstić information content (AvgIpc) is 3.61. The van der Waals surface area contributed by atoms with Gasteiger partial charge in [0.25, 0.3) is 6.71 Å². The van der Waals surface area contributed by atoms with Crippen LogP contribution in [0.3, 0.4) is 0 Å². The molecule has 7 aromatic rings. The number of furan rings is 2. The summed E-state index contributed by atoms with van der Waals surface area (Å²) >= 11 is 0. The first-order valence-electron chi connectivity index (χ1n) is 13.0. The van der Waals surface area contributed by atoms with Crippen LogP contribution in [-0.2, 0) is 0 Å². The van der Waals surface area contributed by atoms with E-state index in [0.717, 1.165) is 84.0 Å². The van der Waals surface area contributed by atoms with Gasteiger partial charge in [-0.3, -0.25) is 0 Å². The quantitative estimate of drug-likeness (QED) is 0.234. The molecule has 0 fully saturated rings.